The molecule has 2 aliphatic rings. The van der Waals surface area contributed by atoms with Crippen LogP contribution in [0.25, 0.3) is 0 Å². The first-order valence-electron chi connectivity index (χ1n) is 3.64. The van der Waals surface area contributed by atoms with Gasteiger partial charge in [-0.15, -0.1) is 0 Å². The lowest BCUT2D eigenvalue weighted by atomic mass is 10.00. The normalized spacial score (nSPS) is 29.2. The smallest absolute Gasteiger partial charge is 0.178 e. The van der Waals surface area contributed by atoms with Crippen molar-refractivity contribution in [2.24, 2.45) is 0 Å². The largest absolute Gasteiger partial charge is 0.224 e. The minimum Gasteiger partial charge on any atom is -0.224 e. The van der Waals surface area contributed by atoms with E-state index in [0.717, 1.165) is 24.2 Å². The Labute approximate surface area is 60.9 Å². The summed E-state index contributed by atoms with van der Waals surface area (Å²) in [5.41, 5.74) is 1.21. The van der Waals surface area contributed by atoms with Crippen molar-refractivity contribution >= 4 is 9.84 Å². The fourth-order valence-electron chi connectivity index (χ4n) is 1.70. The van der Waals surface area contributed by atoms with E-state index in [-0.39, 0.29) is 0 Å². The Morgan fingerprint density at radius 2 is 1.80 bits per heavy atom. The minimum absolute atomic E-state index is 0.363. The fourth-order valence-corrected chi connectivity index (χ4v) is 3.48. The molecule has 0 aromatic heterocycles. The van der Waals surface area contributed by atoms with Gasteiger partial charge in [0.25, 0.3) is 0 Å². The highest BCUT2D eigenvalue weighted by atomic mass is 32.2. The van der Waals surface area contributed by atoms with Gasteiger partial charge in [-0.05, 0) is 31.3 Å². The van der Waals surface area contributed by atoms with Gasteiger partial charge in [-0.3, -0.25) is 0 Å². The number of hydrogen-bond acceptors (Lipinski definition) is 2. The van der Waals surface area contributed by atoms with Crippen molar-refractivity contribution in [2.75, 3.05) is 5.75 Å². The molecule has 1 aliphatic carbocycles. The molecule has 1 aliphatic heterocycles. The molecule has 10 heavy (non-hydrogen) atoms. The molecular formula is C7H10O2S. The van der Waals surface area contributed by atoms with Crippen LogP contribution in [0.3, 0.4) is 0 Å². The zero-order valence-corrected chi connectivity index (χ0v) is 6.58. The molecule has 0 saturated carbocycles. The van der Waals surface area contributed by atoms with Crippen molar-refractivity contribution in [1.29, 1.82) is 0 Å². The Balaban J connectivity index is 2.41. The van der Waals surface area contributed by atoms with E-state index in [9.17, 15) is 8.42 Å². The van der Waals surface area contributed by atoms with Crippen molar-refractivity contribution < 1.29 is 8.42 Å². The van der Waals surface area contributed by atoms with Gasteiger partial charge >= 0.3 is 0 Å². The number of hydrogen-bond donors (Lipinski definition) is 0. The van der Waals surface area contributed by atoms with E-state index in [1.165, 1.54) is 12.0 Å². The molecule has 2 rings (SSSR count). The van der Waals surface area contributed by atoms with Gasteiger partial charge in [0.2, 0.25) is 0 Å². The van der Waals surface area contributed by atoms with Gasteiger partial charge < -0.3 is 0 Å². The van der Waals surface area contributed by atoms with Gasteiger partial charge in [-0.2, -0.15) is 0 Å². The van der Waals surface area contributed by atoms with Crippen LogP contribution >= 0.6 is 0 Å². The fraction of sp³-hybridized carbons (Fsp3) is 0.714. The molecule has 0 N–H and O–H groups in total. The zero-order valence-electron chi connectivity index (χ0n) is 5.76. The zero-order chi connectivity index (χ0) is 7.19. The second-order valence-corrected chi connectivity index (χ2v) is 5.00. The molecule has 0 fully saturated rings. The molecule has 1 heterocycles. The van der Waals surface area contributed by atoms with Crippen molar-refractivity contribution in [3.05, 3.63) is 10.5 Å². The Hall–Kier alpha value is -0.310. The Morgan fingerprint density at radius 1 is 1.10 bits per heavy atom. The van der Waals surface area contributed by atoms with Gasteiger partial charge in [-0.25, -0.2) is 8.42 Å². The summed E-state index contributed by atoms with van der Waals surface area (Å²) < 4.78 is 22.0. The molecule has 0 amide bonds. The van der Waals surface area contributed by atoms with Crippen molar-refractivity contribution in [1.82, 2.24) is 0 Å². The summed E-state index contributed by atoms with van der Waals surface area (Å²) in [5.74, 6) is 0.363. The summed E-state index contributed by atoms with van der Waals surface area (Å²) in [6.45, 7) is 0. The second kappa shape index (κ2) is 1.84. The van der Waals surface area contributed by atoms with Crippen LogP contribution in [-0.2, 0) is 9.84 Å². The molecule has 0 radical (unpaired) electrons. The molecule has 3 heteroatoms. The maximum Gasteiger partial charge on any atom is 0.178 e. The van der Waals surface area contributed by atoms with Gasteiger partial charge in [0, 0.05) is 4.91 Å². The number of sulfone groups is 1. The lowest BCUT2D eigenvalue weighted by Gasteiger charge is -2.27. The predicted octanol–water partition coefficient (Wildman–Crippen LogP) is 1.24. The molecule has 0 unspecified atom stereocenters. The Kier molecular flexibility index (Phi) is 1.18. The molecular weight excluding hydrogens is 148 g/mol. The van der Waals surface area contributed by atoms with Crippen LogP contribution in [0.5, 0.6) is 0 Å². The Morgan fingerprint density at radius 3 is 2.30 bits per heavy atom. The van der Waals surface area contributed by atoms with Crippen molar-refractivity contribution in [2.45, 2.75) is 25.7 Å². The van der Waals surface area contributed by atoms with Crippen LogP contribution in [0.15, 0.2) is 10.5 Å². The monoisotopic (exact) mass is 158 g/mol. The lowest BCUT2D eigenvalue weighted by Crippen LogP contribution is -2.26. The van der Waals surface area contributed by atoms with Crippen LogP contribution in [0.4, 0.5) is 0 Å². The Bertz CT molecular complexity index is 285. The maximum absolute atomic E-state index is 11.0. The quantitative estimate of drug-likeness (QED) is 0.531. The molecule has 0 atom stereocenters. The van der Waals surface area contributed by atoms with E-state index in [1.54, 1.807) is 0 Å². The van der Waals surface area contributed by atoms with E-state index in [2.05, 4.69) is 0 Å². The van der Waals surface area contributed by atoms with Gasteiger partial charge in [0.15, 0.2) is 9.84 Å². The highest BCUT2D eigenvalue weighted by Crippen LogP contribution is 2.37. The van der Waals surface area contributed by atoms with Crippen molar-refractivity contribution in [3.63, 3.8) is 0 Å². The summed E-state index contributed by atoms with van der Waals surface area (Å²) in [6.07, 6.45) is 4.11. The minimum atomic E-state index is -2.70. The van der Waals surface area contributed by atoms with Gasteiger partial charge in [-0.1, -0.05) is 0 Å². The first-order chi connectivity index (χ1) is 4.70. The molecule has 0 aromatic rings. The van der Waals surface area contributed by atoms with Crippen molar-refractivity contribution in [3.8, 4) is 0 Å². The summed E-state index contributed by atoms with van der Waals surface area (Å²) in [5, 5.41) is 0. The molecule has 0 saturated heterocycles. The standard InChI is InChI=1S/C7H10O2S/c8-10(9)5-6-3-1-2-4-7(6)10/h1-5H2. The third kappa shape index (κ3) is 0.732. The molecule has 0 spiro atoms. The third-order valence-electron chi connectivity index (χ3n) is 2.27. The van der Waals surface area contributed by atoms with Gasteiger partial charge in [0.05, 0.1) is 5.75 Å². The molecule has 0 bridgehead atoms. The van der Waals surface area contributed by atoms with E-state index >= 15 is 0 Å². The van der Waals surface area contributed by atoms with E-state index in [4.69, 9.17) is 0 Å². The molecule has 56 valence electrons. The van der Waals surface area contributed by atoms with E-state index in [1.807, 2.05) is 0 Å². The maximum atomic E-state index is 11.0. The SMILES string of the molecule is O=S1(=O)CC2=C1CCCC2. The summed E-state index contributed by atoms with van der Waals surface area (Å²) in [6, 6.07) is 0. The lowest BCUT2D eigenvalue weighted by molar-refractivity contribution is 0.579. The average molecular weight is 158 g/mol. The third-order valence-corrected chi connectivity index (χ3v) is 4.24. The molecule has 0 aromatic carbocycles. The van der Waals surface area contributed by atoms with E-state index < -0.39 is 9.84 Å². The van der Waals surface area contributed by atoms with Crippen LogP contribution in [-0.4, -0.2) is 14.2 Å². The summed E-state index contributed by atoms with van der Waals surface area (Å²) in [4.78, 5) is 0.777. The first-order valence-corrected chi connectivity index (χ1v) is 5.29. The number of allylic oxidation sites excluding steroid dienone is 1. The summed E-state index contributed by atoms with van der Waals surface area (Å²) in [7, 11) is -2.70. The number of rotatable bonds is 0. The van der Waals surface area contributed by atoms with Crippen LogP contribution in [0, 0.1) is 0 Å². The van der Waals surface area contributed by atoms with E-state index in [0.29, 0.717) is 5.75 Å². The first kappa shape index (κ1) is 6.40. The van der Waals surface area contributed by atoms with Crippen LogP contribution in [0.2, 0.25) is 0 Å². The average Bonchev–Trinajstić information content (AvgIpc) is 1.86. The van der Waals surface area contributed by atoms with Crippen LogP contribution in [0.1, 0.15) is 25.7 Å². The second-order valence-electron chi connectivity index (χ2n) is 2.99. The van der Waals surface area contributed by atoms with Crippen LogP contribution < -0.4 is 0 Å². The highest BCUT2D eigenvalue weighted by molar-refractivity contribution is 7.96. The van der Waals surface area contributed by atoms with Gasteiger partial charge in [0.1, 0.15) is 0 Å². The molecule has 2 nitrogen and oxygen atoms in total. The highest BCUT2D eigenvalue weighted by Gasteiger charge is 2.34. The summed E-state index contributed by atoms with van der Waals surface area (Å²) >= 11 is 0. The predicted molar refractivity (Wildman–Crippen MR) is 39.3 cm³/mol. The topological polar surface area (TPSA) is 34.1 Å².